The summed E-state index contributed by atoms with van der Waals surface area (Å²) < 4.78 is 11.0. The molecule has 1 aromatic carbocycles. The van der Waals surface area contributed by atoms with Crippen LogP contribution in [0, 0.1) is 0 Å². The van der Waals surface area contributed by atoms with E-state index in [0.29, 0.717) is 20.7 Å². The number of thiocarbonyl (C=S) groups is 1. The fourth-order valence-corrected chi connectivity index (χ4v) is 2.81. The van der Waals surface area contributed by atoms with Crippen molar-refractivity contribution in [3.05, 3.63) is 28.7 Å². The Morgan fingerprint density at radius 1 is 1.32 bits per heavy atom. The van der Waals surface area contributed by atoms with Gasteiger partial charge >= 0.3 is 0 Å². The highest BCUT2D eigenvalue weighted by molar-refractivity contribution is 8.26. The number of rotatable bonds is 3. The molecule has 0 bridgehead atoms. The zero-order valence-corrected chi connectivity index (χ0v) is 12.4. The minimum atomic E-state index is -0.0973. The molecule has 6 heteroatoms. The standard InChI is InChI=1S/C13H13NO3S2/c1-14-12(15)11(19-13(14)18)7-8-6-9(16-2)4-5-10(8)17-3/h4-7H,1-3H3/b11-7+. The quantitative estimate of drug-likeness (QED) is 0.633. The molecule has 1 heterocycles. The van der Waals surface area contributed by atoms with Crippen LogP contribution >= 0.6 is 24.0 Å². The average molecular weight is 295 g/mol. The van der Waals surface area contributed by atoms with Crippen LogP contribution in [0.4, 0.5) is 0 Å². The third-order valence-electron chi connectivity index (χ3n) is 2.71. The van der Waals surface area contributed by atoms with E-state index in [-0.39, 0.29) is 5.91 Å². The summed E-state index contributed by atoms with van der Waals surface area (Å²) in [4.78, 5) is 14.0. The van der Waals surface area contributed by atoms with Gasteiger partial charge in [-0.05, 0) is 24.3 Å². The molecule has 1 aromatic rings. The Kier molecular flexibility index (Phi) is 4.11. The molecule has 1 amide bonds. The van der Waals surface area contributed by atoms with Gasteiger partial charge in [0.1, 0.15) is 15.8 Å². The Morgan fingerprint density at radius 3 is 2.58 bits per heavy atom. The van der Waals surface area contributed by atoms with Crippen molar-refractivity contribution in [3.8, 4) is 11.5 Å². The van der Waals surface area contributed by atoms with Gasteiger partial charge in [0.05, 0.1) is 19.1 Å². The summed E-state index contributed by atoms with van der Waals surface area (Å²) in [6.45, 7) is 0. The van der Waals surface area contributed by atoms with Gasteiger partial charge in [-0.15, -0.1) is 0 Å². The summed E-state index contributed by atoms with van der Waals surface area (Å²) in [6, 6.07) is 5.43. The number of carbonyl (C=O) groups excluding carboxylic acids is 1. The highest BCUT2D eigenvalue weighted by atomic mass is 32.2. The Labute approximate surface area is 121 Å². The molecule has 0 radical (unpaired) electrons. The lowest BCUT2D eigenvalue weighted by molar-refractivity contribution is -0.121. The van der Waals surface area contributed by atoms with Crippen LogP contribution in [0.15, 0.2) is 23.1 Å². The van der Waals surface area contributed by atoms with Crippen LogP contribution in [0.5, 0.6) is 11.5 Å². The van der Waals surface area contributed by atoms with Gasteiger partial charge in [0.2, 0.25) is 0 Å². The third kappa shape index (κ3) is 2.74. The molecule has 0 spiro atoms. The Balaban J connectivity index is 2.42. The third-order valence-corrected chi connectivity index (χ3v) is 4.19. The van der Waals surface area contributed by atoms with Gasteiger partial charge in [0.15, 0.2) is 0 Å². The first-order valence-electron chi connectivity index (χ1n) is 5.50. The van der Waals surface area contributed by atoms with Crippen molar-refractivity contribution in [2.45, 2.75) is 0 Å². The maximum absolute atomic E-state index is 12.0. The molecule has 0 aliphatic carbocycles. The van der Waals surface area contributed by atoms with Crippen molar-refractivity contribution in [2.75, 3.05) is 21.3 Å². The van der Waals surface area contributed by atoms with E-state index in [1.807, 2.05) is 6.07 Å². The lowest BCUT2D eigenvalue weighted by Crippen LogP contribution is -2.22. The van der Waals surface area contributed by atoms with Gasteiger partial charge in [0, 0.05) is 12.6 Å². The minimum Gasteiger partial charge on any atom is -0.497 e. The highest BCUT2D eigenvalue weighted by Crippen LogP contribution is 2.34. The number of hydrogen-bond donors (Lipinski definition) is 0. The van der Waals surface area contributed by atoms with E-state index in [1.54, 1.807) is 39.5 Å². The molecular weight excluding hydrogens is 282 g/mol. The van der Waals surface area contributed by atoms with Crippen molar-refractivity contribution >= 4 is 40.3 Å². The van der Waals surface area contributed by atoms with Gasteiger partial charge in [-0.1, -0.05) is 24.0 Å². The van der Waals surface area contributed by atoms with Crippen LogP contribution in [-0.4, -0.2) is 36.4 Å². The number of hydrogen-bond acceptors (Lipinski definition) is 5. The van der Waals surface area contributed by atoms with Gasteiger partial charge in [0.25, 0.3) is 5.91 Å². The number of nitrogens with zero attached hydrogens (tertiary/aromatic N) is 1. The van der Waals surface area contributed by atoms with E-state index >= 15 is 0 Å². The summed E-state index contributed by atoms with van der Waals surface area (Å²) in [5.74, 6) is 1.29. The van der Waals surface area contributed by atoms with Crippen molar-refractivity contribution < 1.29 is 14.3 Å². The molecular formula is C13H13NO3S2. The van der Waals surface area contributed by atoms with Gasteiger partial charge < -0.3 is 9.47 Å². The smallest absolute Gasteiger partial charge is 0.265 e. The fourth-order valence-electron chi connectivity index (χ4n) is 1.64. The SMILES string of the molecule is COc1ccc(OC)c(/C=C2/SC(=S)N(C)C2=O)c1. The Hall–Kier alpha value is -1.53. The van der Waals surface area contributed by atoms with E-state index in [4.69, 9.17) is 21.7 Å². The maximum atomic E-state index is 12.0. The molecule has 0 aromatic heterocycles. The first kappa shape index (κ1) is 13.9. The predicted molar refractivity (Wildman–Crippen MR) is 80.5 cm³/mol. The molecule has 0 saturated carbocycles. The van der Waals surface area contributed by atoms with Crippen molar-refractivity contribution in [3.63, 3.8) is 0 Å². The lowest BCUT2D eigenvalue weighted by Gasteiger charge is -2.08. The van der Waals surface area contributed by atoms with E-state index < -0.39 is 0 Å². The van der Waals surface area contributed by atoms with Crippen LogP contribution in [0.25, 0.3) is 6.08 Å². The fraction of sp³-hybridized carbons (Fsp3) is 0.231. The molecule has 1 aliphatic rings. The maximum Gasteiger partial charge on any atom is 0.265 e. The molecule has 0 unspecified atom stereocenters. The summed E-state index contributed by atoms with van der Waals surface area (Å²) in [5, 5.41) is 0. The van der Waals surface area contributed by atoms with Crippen molar-refractivity contribution in [1.29, 1.82) is 0 Å². The van der Waals surface area contributed by atoms with E-state index in [1.165, 1.54) is 16.7 Å². The topological polar surface area (TPSA) is 38.8 Å². The number of ether oxygens (including phenoxy) is 2. The largest absolute Gasteiger partial charge is 0.497 e. The van der Waals surface area contributed by atoms with Crippen LogP contribution in [0.1, 0.15) is 5.56 Å². The van der Waals surface area contributed by atoms with Crippen LogP contribution in [-0.2, 0) is 4.79 Å². The monoisotopic (exact) mass is 295 g/mol. The molecule has 2 rings (SSSR count). The molecule has 1 saturated heterocycles. The summed E-state index contributed by atoms with van der Waals surface area (Å²) in [6.07, 6.45) is 1.77. The molecule has 0 atom stereocenters. The van der Waals surface area contributed by atoms with E-state index in [9.17, 15) is 4.79 Å². The summed E-state index contributed by atoms with van der Waals surface area (Å²) >= 11 is 6.38. The normalized spacial score (nSPS) is 17.2. The summed E-state index contributed by atoms with van der Waals surface area (Å²) in [5.41, 5.74) is 0.788. The zero-order chi connectivity index (χ0) is 14.0. The van der Waals surface area contributed by atoms with Gasteiger partial charge in [-0.2, -0.15) is 0 Å². The minimum absolute atomic E-state index is 0.0973. The second-order valence-electron chi connectivity index (χ2n) is 3.85. The first-order valence-corrected chi connectivity index (χ1v) is 6.73. The number of thioether (sulfide) groups is 1. The first-order chi connectivity index (χ1) is 9.06. The number of benzene rings is 1. The second-order valence-corrected chi connectivity index (χ2v) is 5.52. The average Bonchev–Trinajstić information content (AvgIpc) is 2.66. The number of amides is 1. The van der Waals surface area contributed by atoms with Crippen LogP contribution in [0.3, 0.4) is 0 Å². The van der Waals surface area contributed by atoms with Gasteiger partial charge in [-0.25, -0.2) is 0 Å². The van der Waals surface area contributed by atoms with E-state index in [0.717, 1.165) is 5.56 Å². The van der Waals surface area contributed by atoms with Crippen LogP contribution < -0.4 is 9.47 Å². The van der Waals surface area contributed by atoms with Crippen molar-refractivity contribution in [2.24, 2.45) is 0 Å². The lowest BCUT2D eigenvalue weighted by atomic mass is 10.1. The van der Waals surface area contributed by atoms with Gasteiger partial charge in [-0.3, -0.25) is 9.69 Å². The van der Waals surface area contributed by atoms with Crippen LogP contribution in [0.2, 0.25) is 0 Å². The van der Waals surface area contributed by atoms with Crippen molar-refractivity contribution in [1.82, 2.24) is 4.90 Å². The zero-order valence-electron chi connectivity index (χ0n) is 10.8. The van der Waals surface area contributed by atoms with E-state index in [2.05, 4.69) is 0 Å². The number of likely N-dealkylation sites (N-methyl/N-ethyl adjacent to an activating group) is 1. The highest BCUT2D eigenvalue weighted by Gasteiger charge is 2.28. The number of methoxy groups -OCH3 is 2. The Bertz CT molecular complexity index is 569. The molecule has 0 N–H and O–H groups in total. The second kappa shape index (κ2) is 5.63. The Morgan fingerprint density at radius 2 is 2.05 bits per heavy atom. The number of carbonyl (C=O) groups is 1. The molecule has 1 aliphatic heterocycles. The molecule has 19 heavy (non-hydrogen) atoms. The summed E-state index contributed by atoms with van der Waals surface area (Å²) in [7, 11) is 4.85. The molecule has 1 fully saturated rings. The predicted octanol–water partition coefficient (Wildman–Crippen LogP) is 2.53. The molecule has 4 nitrogen and oxygen atoms in total. The molecule has 100 valence electrons.